The summed E-state index contributed by atoms with van der Waals surface area (Å²) in [7, 11) is 2.53. The van der Waals surface area contributed by atoms with Gasteiger partial charge in [0, 0.05) is 17.5 Å². The lowest BCUT2D eigenvalue weighted by molar-refractivity contribution is -0.139. The van der Waals surface area contributed by atoms with Crippen molar-refractivity contribution in [2.45, 2.75) is 6.92 Å². The molecule has 156 valence electrons. The Labute approximate surface area is 178 Å². The smallest absolute Gasteiger partial charge is 0.355 e. The molecule has 0 N–H and O–H groups in total. The summed E-state index contributed by atoms with van der Waals surface area (Å²) in [6, 6.07) is 13.2. The topological polar surface area (TPSA) is 81.9 Å². The van der Waals surface area contributed by atoms with Crippen molar-refractivity contribution in [2.75, 3.05) is 19.1 Å². The molecule has 1 aromatic heterocycles. The summed E-state index contributed by atoms with van der Waals surface area (Å²) in [5, 5.41) is 0. The number of oxazole rings is 1. The molecular formula is C24H20N2O5. The largest absolute Gasteiger partial charge is 0.465 e. The first-order valence-electron chi connectivity index (χ1n) is 9.55. The van der Waals surface area contributed by atoms with Gasteiger partial charge in [-0.25, -0.2) is 14.6 Å². The average Bonchev–Trinajstić information content (AvgIpc) is 3.11. The zero-order valence-electron chi connectivity index (χ0n) is 17.3. The van der Waals surface area contributed by atoms with E-state index in [1.165, 1.54) is 20.3 Å². The first kappa shape index (κ1) is 20.2. The van der Waals surface area contributed by atoms with E-state index in [0.717, 1.165) is 16.6 Å². The molecule has 0 atom stereocenters. The summed E-state index contributed by atoms with van der Waals surface area (Å²) < 4.78 is 15.7. The van der Waals surface area contributed by atoms with E-state index in [0.29, 0.717) is 17.2 Å². The average molecular weight is 416 g/mol. The number of hydrogen-bond donors (Lipinski definition) is 0. The van der Waals surface area contributed by atoms with Gasteiger partial charge in [-0.2, -0.15) is 0 Å². The molecule has 3 aromatic rings. The van der Waals surface area contributed by atoms with Crippen LogP contribution < -0.4 is 4.90 Å². The Morgan fingerprint density at radius 1 is 1.00 bits per heavy atom. The zero-order chi connectivity index (χ0) is 22.0. The standard InChI is InChI=1S/C24H20N2O5/c1-15-14-16(22-25-18-9-4-5-10-20(18)31-22)11-12-19(15)26-13-7-6-8-17(23(27)29-2)21(26)24(28)30-3/h4-14H,1-3H3. The molecule has 7 nitrogen and oxygen atoms in total. The predicted molar refractivity (Wildman–Crippen MR) is 116 cm³/mol. The Morgan fingerprint density at radius 2 is 1.77 bits per heavy atom. The summed E-state index contributed by atoms with van der Waals surface area (Å²) in [6.45, 7) is 1.90. The van der Waals surface area contributed by atoms with Gasteiger partial charge < -0.3 is 18.8 Å². The fourth-order valence-corrected chi connectivity index (χ4v) is 3.41. The summed E-state index contributed by atoms with van der Waals surface area (Å²) in [5.74, 6) is -0.784. The lowest BCUT2D eigenvalue weighted by Crippen LogP contribution is -2.27. The van der Waals surface area contributed by atoms with Gasteiger partial charge >= 0.3 is 11.9 Å². The molecular weight excluding hydrogens is 396 g/mol. The second kappa shape index (κ2) is 8.31. The van der Waals surface area contributed by atoms with Gasteiger partial charge in [0.2, 0.25) is 5.89 Å². The Bertz CT molecular complexity index is 1230. The van der Waals surface area contributed by atoms with Crippen molar-refractivity contribution in [3.05, 3.63) is 83.7 Å². The summed E-state index contributed by atoms with van der Waals surface area (Å²) in [5.41, 5.74) is 3.99. The molecule has 0 unspecified atom stereocenters. The van der Waals surface area contributed by atoms with Crippen LogP contribution in [-0.2, 0) is 19.1 Å². The van der Waals surface area contributed by atoms with Gasteiger partial charge in [0.25, 0.3) is 0 Å². The van der Waals surface area contributed by atoms with Crippen molar-refractivity contribution in [1.29, 1.82) is 0 Å². The highest BCUT2D eigenvalue weighted by Crippen LogP contribution is 2.32. The Balaban J connectivity index is 1.80. The fraction of sp³-hybridized carbons (Fsp3) is 0.125. The number of benzene rings is 2. The maximum atomic E-state index is 12.6. The van der Waals surface area contributed by atoms with Crippen molar-refractivity contribution in [1.82, 2.24) is 4.98 Å². The van der Waals surface area contributed by atoms with E-state index in [-0.39, 0.29) is 11.3 Å². The molecule has 0 aliphatic carbocycles. The minimum Gasteiger partial charge on any atom is -0.465 e. The molecule has 0 fully saturated rings. The summed E-state index contributed by atoms with van der Waals surface area (Å²) in [6.07, 6.45) is 6.61. The van der Waals surface area contributed by atoms with Crippen LogP contribution in [0.5, 0.6) is 0 Å². The van der Waals surface area contributed by atoms with Gasteiger partial charge in [0.05, 0.1) is 19.8 Å². The molecule has 7 heteroatoms. The van der Waals surface area contributed by atoms with Crippen LogP contribution in [0.4, 0.5) is 5.69 Å². The number of carbonyl (C=O) groups is 2. The highest BCUT2D eigenvalue weighted by Gasteiger charge is 2.28. The number of allylic oxidation sites excluding steroid dienone is 2. The molecule has 0 radical (unpaired) electrons. The molecule has 31 heavy (non-hydrogen) atoms. The Kier molecular flexibility index (Phi) is 5.41. The molecule has 2 heterocycles. The van der Waals surface area contributed by atoms with Crippen LogP contribution in [0, 0.1) is 6.92 Å². The third kappa shape index (κ3) is 3.73. The van der Waals surface area contributed by atoms with Crippen molar-refractivity contribution < 1.29 is 23.5 Å². The summed E-state index contributed by atoms with van der Waals surface area (Å²) in [4.78, 5) is 31.1. The first-order chi connectivity index (χ1) is 15.0. The van der Waals surface area contributed by atoms with Crippen LogP contribution in [0.15, 0.2) is 82.6 Å². The van der Waals surface area contributed by atoms with Crippen molar-refractivity contribution >= 4 is 28.7 Å². The van der Waals surface area contributed by atoms with E-state index in [2.05, 4.69) is 4.98 Å². The van der Waals surface area contributed by atoms with E-state index >= 15 is 0 Å². The predicted octanol–water partition coefficient (Wildman–Crippen LogP) is 4.29. The third-order valence-corrected chi connectivity index (χ3v) is 4.89. The molecule has 4 rings (SSSR count). The number of hydrogen-bond acceptors (Lipinski definition) is 7. The number of carbonyl (C=O) groups excluding carboxylic acids is 2. The number of methoxy groups -OCH3 is 2. The van der Waals surface area contributed by atoms with Crippen LogP contribution in [0.1, 0.15) is 5.56 Å². The quantitative estimate of drug-likeness (QED) is 0.587. The number of para-hydroxylation sites is 2. The van der Waals surface area contributed by atoms with Gasteiger partial charge in [0.15, 0.2) is 5.58 Å². The number of aryl methyl sites for hydroxylation is 1. The number of fused-ring (bicyclic) bond motifs is 1. The minimum atomic E-state index is -0.654. The normalized spacial score (nSPS) is 13.5. The van der Waals surface area contributed by atoms with Crippen molar-refractivity contribution in [2.24, 2.45) is 0 Å². The first-order valence-corrected chi connectivity index (χ1v) is 9.55. The molecule has 0 spiro atoms. The molecule has 0 saturated carbocycles. The third-order valence-electron chi connectivity index (χ3n) is 4.89. The van der Waals surface area contributed by atoms with Gasteiger partial charge in [-0.15, -0.1) is 0 Å². The van der Waals surface area contributed by atoms with E-state index in [1.807, 2.05) is 49.4 Å². The monoisotopic (exact) mass is 416 g/mol. The number of rotatable bonds is 4. The minimum absolute atomic E-state index is 0.0667. The van der Waals surface area contributed by atoms with E-state index in [1.54, 1.807) is 23.3 Å². The lowest BCUT2D eigenvalue weighted by atomic mass is 10.1. The molecule has 1 aliphatic heterocycles. The highest BCUT2D eigenvalue weighted by molar-refractivity contribution is 6.05. The Hall–Kier alpha value is -4.13. The second-order valence-electron chi connectivity index (χ2n) is 6.80. The highest BCUT2D eigenvalue weighted by atomic mass is 16.5. The van der Waals surface area contributed by atoms with Gasteiger partial charge in [0.1, 0.15) is 11.2 Å². The number of nitrogens with zero attached hydrogens (tertiary/aromatic N) is 2. The van der Waals surface area contributed by atoms with Crippen LogP contribution in [0.3, 0.4) is 0 Å². The number of aromatic nitrogens is 1. The van der Waals surface area contributed by atoms with E-state index in [4.69, 9.17) is 13.9 Å². The van der Waals surface area contributed by atoms with E-state index < -0.39 is 11.9 Å². The van der Waals surface area contributed by atoms with Gasteiger partial charge in [-0.1, -0.05) is 18.2 Å². The Morgan fingerprint density at radius 3 is 2.48 bits per heavy atom. The lowest BCUT2D eigenvalue weighted by Gasteiger charge is -2.24. The van der Waals surface area contributed by atoms with E-state index in [9.17, 15) is 9.59 Å². The molecule has 1 aliphatic rings. The van der Waals surface area contributed by atoms with Crippen LogP contribution >= 0.6 is 0 Å². The zero-order valence-corrected chi connectivity index (χ0v) is 17.3. The molecule has 0 saturated heterocycles. The van der Waals surface area contributed by atoms with Crippen LogP contribution in [-0.4, -0.2) is 31.1 Å². The maximum Gasteiger partial charge on any atom is 0.355 e. The molecule has 2 aromatic carbocycles. The molecule has 0 bridgehead atoms. The number of anilines is 1. The van der Waals surface area contributed by atoms with Crippen molar-refractivity contribution in [3.63, 3.8) is 0 Å². The SMILES string of the molecule is COC(=O)C1=C(C(=O)OC)N(c2ccc(-c3nc4ccccc4o3)cc2C)C=CC=C1. The number of ether oxygens (including phenoxy) is 2. The number of esters is 2. The van der Waals surface area contributed by atoms with Crippen molar-refractivity contribution in [3.8, 4) is 11.5 Å². The van der Waals surface area contributed by atoms with Crippen LogP contribution in [0.2, 0.25) is 0 Å². The fourth-order valence-electron chi connectivity index (χ4n) is 3.41. The molecule has 0 amide bonds. The van der Waals surface area contributed by atoms with Gasteiger partial charge in [-0.3, -0.25) is 0 Å². The second-order valence-corrected chi connectivity index (χ2v) is 6.80. The maximum absolute atomic E-state index is 12.6. The van der Waals surface area contributed by atoms with Crippen LogP contribution in [0.25, 0.3) is 22.6 Å². The van der Waals surface area contributed by atoms with Gasteiger partial charge in [-0.05, 0) is 55.0 Å². The summed E-state index contributed by atoms with van der Waals surface area (Å²) >= 11 is 0.